The Morgan fingerprint density at radius 1 is 1.47 bits per heavy atom. The Morgan fingerprint density at radius 3 is 2.67 bits per heavy atom. The van der Waals surface area contributed by atoms with Crippen LogP contribution in [-0.2, 0) is 0 Å². The Labute approximate surface area is 94.3 Å². The molecule has 0 atom stereocenters. The maximum Gasteiger partial charge on any atom is 0.264 e. The van der Waals surface area contributed by atoms with Crippen LogP contribution in [0.4, 0.5) is 0 Å². The van der Waals surface area contributed by atoms with Gasteiger partial charge in [0, 0.05) is 18.0 Å². The minimum Gasteiger partial charge on any atom is -0.395 e. The zero-order valence-corrected chi connectivity index (χ0v) is 10.0. The number of carbonyl (C=O) groups excluding carboxylic acids is 1. The van der Waals surface area contributed by atoms with E-state index in [1.807, 2.05) is 26.0 Å². The van der Waals surface area contributed by atoms with Gasteiger partial charge >= 0.3 is 0 Å². The predicted octanol–water partition coefficient (Wildman–Crippen LogP) is 1.90. The van der Waals surface area contributed by atoms with E-state index in [-0.39, 0.29) is 12.5 Å². The first-order chi connectivity index (χ1) is 7.19. The molecule has 1 amide bonds. The van der Waals surface area contributed by atoms with Crippen molar-refractivity contribution < 1.29 is 9.90 Å². The average Bonchev–Trinajstić information content (AvgIpc) is 2.63. The van der Waals surface area contributed by atoms with Crippen molar-refractivity contribution in [1.82, 2.24) is 4.90 Å². The van der Waals surface area contributed by atoms with Crippen LogP contribution < -0.4 is 0 Å². The minimum absolute atomic E-state index is 0.0239. The third kappa shape index (κ3) is 3.32. The molecule has 84 valence electrons. The van der Waals surface area contributed by atoms with Crippen LogP contribution in [0.2, 0.25) is 0 Å². The summed E-state index contributed by atoms with van der Waals surface area (Å²) in [5.41, 5.74) is 0. The molecule has 0 saturated carbocycles. The lowest BCUT2D eigenvalue weighted by Gasteiger charge is -2.19. The van der Waals surface area contributed by atoms with Crippen LogP contribution in [0.1, 0.15) is 27.9 Å². The van der Waals surface area contributed by atoms with E-state index in [0.717, 1.165) is 16.2 Å². The van der Waals surface area contributed by atoms with Crippen LogP contribution in [0.25, 0.3) is 0 Å². The zero-order chi connectivity index (χ0) is 11.3. The molecule has 0 aliphatic heterocycles. The normalized spacial score (nSPS) is 10.3. The molecule has 1 N–H and O–H groups in total. The fourth-order valence-electron chi connectivity index (χ4n) is 1.41. The third-order valence-electron chi connectivity index (χ3n) is 2.10. The van der Waals surface area contributed by atoms with Gasteiger partial charge in [0.2, 0.25) is 0 Å². The number of rotatable bonds is 5. The van der Waals surface area contributed by atoms with Crippen LogP contribution >= 0.6 is 11.3 Å². The second kappa shape index (κ2) is 5.88. The SMILES string of the molecule is CCCN(CCO)C(=O)c1ccc(C)s1. The monoisotopic (exact) mass is 227 g/mol. The van der Waals surface area contributed by atoms with E-state index in [4.69, 9.17) is 5.11 Å². The Balaban J connectivity index is 2.71. The molecule has 15 heavy (non-hydrogen) atoms. The molecule has 1 aromatic heterocycles. The number of amides is 1. The number of hydrogen-bond donors (Lipinski definition) is 1. The van der Waals surface area contributed by atoms with Gasteiger partial charge < -0.3 is 10.0 Å². The van der Waals surface area contributed by atoms with Gasteiger partial charge in [-0.15, -0.1) is 11.3 Å². The molecule has 0 aliphatic rings. The average molecular weight is 227 g/mol. The van der Waals surface area contributed by atoms with Gasteiger partial charge in [0.15, 0.2) is 0 Å². The minimum atomic E-state index is 0.0239. The number of aryl methyl sites for hydroxylation is 1. The van der Waals surface area contributed by atoms with Crippen molar-refractivity contribution >= 4 is 17.2 Å². The highest BCUT2D eigenvalue weighted by Gasteiger charge is 2.15. The molecule has 0 bridgehead atoms. The highest BCUT2D eigenvalue weighted by atomic mass is 32.1. The van der Waals surface area contributed by atoms with Crippen molar-refractivity contribution in [3.63, 3.8) is 0 Å². The lowest BCUT2D eigenvalue weighted by molar-refractivity contribution is 0.0727. The summed E-state index contributed by atoms with van der Waals surface area (Å²) in [6.45, 7) is 5.16. The predicted molar refractivity (Wildman–Crippen MR) is 62.3 cm³/mol. The van der Waals surface area contributed by atoms with Crippen molar-refractivity contribution in [3.8, 4) is 0 Å². The standard InChI is InChI=1S/C11H17NO2S/c1-3-6-12(7-8-13)11(14)10-5-4-9(2)15-10/h4-5,13H,3,6-8H2,1-2H3. The summed E-state index contributed by atoms with van der Waals surface area (Å²) in [4.78, 5) is 15.6. The van der Waals surface area contributed by atoms with E-state index >= 15 is 0 Å². The molecular weight excluding hydrogens is 210 g/mol. The topological polar surface area (TPSA) is 40.5 Å². The molecule has 1 rings (SSSR count). The van der Waals surface area contributed by atoms with Crippen molar-refractivity contribution in [2.45, 2.75) is 20.3 Å². The number of carbonyl (C=O) groups is 1. The lowest BCUT2D eigenvalue weighted by Crippen LogP contribution is -2.33. The van der Waals surface area contributed by atoms with Gasteiger partial charge in [-0.05, 0) is 25.5 Å². The highest BCUT2D eigenvalue weighted by Crippen LogP contribution is 2.17. The maximum absolute atomic E-state index is 12.0. The second-order valence-corrected chi connectivity index (χ2v) is 4.71. The van der Waals surface area contributed by atoms with Gasteiger partial charge in [-0.25, -0.2) is 0 Å². The van der Waals surface area contributed by atoms with E-state index < -0.39 is 0 Å². The summed E-state index contributed by atoms with van der Waals surface area (Å²) in [6, 6.07) is 3.79. The number of aliphatic hydroxyl groups excluding tert-OH is 1. The number of thiophene rings is 1. The first-order valence-corrected chi connectivity index (χ1v) is 5.97. The first-order valence-electron chi connectivity index (χ1n) is 5.15. The van der Waals surface area contributed by atoms with Gasteiger partial charge in [0.25, 0.3) is 5.91 Å². The first kappa shape index (κ1) is 12.2. The van der Waals surface area contributed by atoms with Crippen molar-refractivity contribution in [2.24, 2.45) is 0 Å². The molecule has 0 radical (unpaired) electrons. The largest absolute Gasteiger partial charge is 0.395 e. The third-order valence-corrected chi connectivity index (χ3v) is 3.09. The molecule has 0 spiro atoms. The molecular formula is C11H17NO2S. The van der Waals surface area contributed by atoms with E-state index in [2.05, 4.69) is 0 Å². The summed E-state index contributed by atoms with van der Waals surface area (Å²) in [6.07, 6.45) is 0.913. The van der Waals surface area contributed by atoms with Crippen LogP contribution in [0, 0.1) is 6.92 Å². The van der Waals surface area contributed by atoms with E-state index in [9.17, 15) is 4.79 Å². The summed E-state index contributed by atoms with van der Waals surface area (Å²) >= 11 is 1.50. The van der Waals surface area contributed by atoms with Gasteiger partial charge in [-0.2, -0.15) is 0 Å². The highest BCUT2D eigenvalue weighted by molar-refractivity contribution is 7.13. The molecule has 1 heterocycles. The van der Waals surface area contributed by atoms with E-state index in [1.54, 1.807) is 4.90 Å². The van der Waals surface area contributed by atoms with E-state index in [1.165, 1.54) is 11.3 Å². The fraction of sp³-hybridized carbons (Fsp3) is 0.545. The van der Waals surface area contributed by atoms with Crippen LogP contribution in [0.3, 0.4) is 0 Å². The number of nitrogens with zero attached hydrogens (tertiary/aromatic N) is 1. The molecule has 4 heteroatoms. The Bertz CT molecular complexity index is 316. The number of aliphatic hydroxyl groups is 1. The van der Waals surface area contributed by atoms with Crippen LogP contribution in [-0.4, -0.2) is 35.6 Å². The summed E-state index contributed by atoms with van der Waals surface area (Å²) in [7, 11) is 0. The Hall–Kier alpha value is -0.870. The molecule has 1 aromatic rings. The fourth-order valence-corrected chi connectivity index (χ4v) is 2.25. The van der Waals surface area contributed by atoms with Crippen LogP contribution in [0.5, 0.6) is 0 Å². The van der Waals surface area contributed by atoms with Crippen molar-refractivity contribution in [1.29, 1.82) is 0 Å². The van der Waals surface area contributed by atoms with Gasteiger partial charge in [-0.1, -0.05) is 6.92 Å². The summed E-state index contributed by atoms with van der Waals surface area (Å²) in [5.74, 6) is 0.0315. The van der Waals surface area contributed by atoms with E-state index in [0.29, 0.717) is 13.1 Å². The quantitative estimate of drug-likeness (QED) is 0.834. The Kier molecular flexibility index (Phi) is 4.78. The molecule has 0 aromatic carbocycles. The Morgan fingerprint density at radius 2 is 2.20 bits per heavy atom. The zero-order valence-electron chi connectivity index (χ0n) is 9.19. The van der Waals surface area contributed by atoms with Gasteiger partial charge in [0.05, 0.1) is 11.5 Å². The maximum atomic E-state index is 12.0. The molecule has 3 nitrogen and oxygen atoms in total. The summed E-state index contributed by atoms with van der Waals surface area (Å²) in [5, 5.41) is 8.87. The van der Waals surface area contributed by atoms with Crippen molar-refractivity contribution in [2.75, 3.05) is 19.7 Å². The van der Waals surface area contributed by atoms with Crippen molar-refractivity contribution in [3.05, 3.63) is 21.9 Å². The molecule has 0 unspecified atom stereocenters. The molecule has 0 fully saturated rings. The van der Waals surface area contributed by atoms with Crippen LogP contribution in [0.15, 0.2) is 12.1 Å². The molecule has 0 aliphatic carbocycles. The smallest absolute Gasteiger partial charge is 0.264 e. The molecule has 0 saturated heterocycles. The summed E-state index contributed by atoms with van der Waals surface area (Å²) < 4.78 is 0. The lowest BCUT2D eigenvalue weighted by atomic mass is 10.3. The van der Waals surface area contributed by atoms with Gasteiger partial charge in [-0.3, -0.25) is 4.79 Å². The second-order valence-electron chi connectivity index (χ2n) is 3.43. The number of hydrogen-bond acceptors (Lipinski definition) is 3. The van der Waals surface area contributed by atoms with Gasteiger partial charge in [0.1, 0.15) is 0 Å².